The summed E-state index contributed by atoms with van der Waals surface area (Å²) in [5.41, 5.74) is 1.76. The van der Waals surface area contributed by atoms with Crippen molar-refractivity contribution in [1.29, 1.82) is 0 Å². The molecular formula is C32H35N3O5S. The Labute approximate surface area is 244 Å². The van der Waals surface area contributed by atoms with Crippen LogP contribution in [0.2, 0.25) is 0 Å². The second-order valence-electron chi connectivity index (χ2n) is 10.9. The van der Waals surface area contributed by atoms with Crippen molar-refractivity contribution < 1.29 is 24.2 Å². The minimum atomic E-state index is -0.869. The van der Waals surface area contributed by atoms with E-state index in [1.165, 1.54) is 0 Å². The molecule has 0 bridgehead atoms. The van der Waals surface area contributed by atoms with Gasteiger partial charge in [-0.3, -0.25) is 14.4 Å². The van der Waals surface area contributed by atoms with Gasteiger partial charge in [-0.25, -0.2) is 0 Å². The maximum absolute atomic E-state index is 14.3. The Morgan fingerprint density at radius 3 is 2.49 bits per heavy atom. The molecule has 5 atom stereocenters. The molecule has 8 nitrogen and oxygen atoms in total. The van der Waals surface area contributed by atoms with Crippen molar-refractivity contribution >= 4 is 35.2 Å². The van der Waals surface area contributed by atoms with Crippen molar-refractivity contribution in [1.82, 2.24) is 9.80 Å². The highest BCUT2D eigenvalue weighted by Crippen LogP contribution is 2.61. The van der Waals surface area contributed by atoms with Gasteiger partial charge >= 0.3 is 0 Å². The third kappa shape index (κ3) is 4.75. The summed E-state index contributed by atoms with van der Waals surface area (Å²) >= 11 is 1.57. The van der Waals surface area contributed by atoms with E-state index in [1.54, 1.807) is 26.5 Å². The lowest BCUT2D eigenvalue weighted by Gasteiger charge is -2.35. The number of aliphatic hydroxyl groups excluding tert-OH is 1. The quantitative estimate of drug-likeness (QED) is 0.488. The number of nitrogens with zero attached hydrogens (tertiary/aromatic N) is 3. The van der Waals surface area contributed by atoms with Gasteiger partial charge < -0.3 is 24.5 Å². The Hall–Kier alpha value is -3.56. The Morgan fingerprint density at radius 1 is 0.976 bits per heavy atom. The van der Waals surface area contributed by atoms with E-state index in [2.05, 4.69) is 0 Å². The van der Waals surface area contributed by atoms with Crippen molar-refractivity contribution in [3.05, 3.63) is 84.5 Å². The van der Waals surface area contributed by atoms with E-state index >= 15 is 0 Å². The summed E-state index contributed by atoms with van der Waals surface area (Å²) in [6, 6.07) is 16.5. The third-order valence-corrected chi connectivity index (χ3v) is 10.2. The van der Waals surface area contributed by atoms with Crippen molar-refractivity contribution in [3.63, 3.8) is 0 Å². The molecule has 4 heterocycles. The number of thioether (sulfide) groups is 1. The van der Waals surface area contributed by atoms with Crippen LogP contribution < -0.4 is 9.64 Å². The number of carbonyl (C=O) groups excluding carboxylic acids is 3. The molecule has 4 aliphatic rings. The second kappa shape index (κ2) is 11.4. The largest absolute Gasteiger partial charge is 0.494 e. The van der Waals surface area contributed by atoms with Crippen molar-refractivity contribution in [3.8, 4) is 5.75 Å². The maximum Gasteiger partial charge on any atom is 0.247 e. The van der Waals surface area contributed by atoms with Gasteiger partial charge in [-0.1, -0.05) is 54.6 Å². The predicted octanol–water partition coefficient (Wildman–Crippen LogP) is 3.27. The predicted molar refractivity (Wildman–Crippen MR) is 158 cm³/mol. The summed E-state index contributed by atoms with van der Waals surface area (Å²) in [6.07, 6.45) is 8.43. The number of anilines is 1. The summed E-state index contributed by atoms with van der Waals surface area (Å²) in [5, 5.41) is 9.40. The number of aliphatic hydroxyl groups is 1. The fourth-order valence-electron chi connectivity index (χ4n) is 6.73. The number of ether oxygens (including phenoxy) is 1. The van der Waals surface area contributed by atoms with Gasteiger partial charge in [0.15, 0.2) is 0 Å². The summed E-state index contributed by atoms with van der Waals surface area (Å²) < 4.78 is 4.71. The van der Waals surface area contributed by atoms with Gasteiger partial charge in [0.1, 0.15) is 11.8 Å². The molecule has 0 radical (unpaired) electrons. The maximum atomic E-state index is 14.3. The van der Waals surface area contributed by atoms with Gasteiger partial charge in [-0.15, -0.1) is 11.8 Å². The number of carbonyl (C=O) groups is 3. The Kier molecular flexibility index (Phi) is 7.66. The van der Waals surface area contributed by atoms with E-state index in [0.29, 0.717) is 32.7 Å². The van der Waals surface area contributed by atoms with Crippen molar-refractivity contribution in [2.45, 2.75) is 35.9 Å². The number of fused-ring (bicyclic) bond motifs is 2. The molecular weight excluding hydrogens is 538 g/mol. The lowest BCUT2D eigenvalue weighted by molar-refractivity contribution is -0.143. The molecule has 6 rings (SSSR count). The van der Waals surface area contributed by atoms with Crippen LogP contribution in [0.1, 0.15) is 18.9 Å². The molecule has 2 fully saturated rings. The number of amides is 3. The van der Waals surface area contributed by atoms with Gasteiger partial charge in [0, 0.05) is 43.7 Å². The van der Waals surface area contributed by atoms with E-state index < -0.39 is 22.6 Å². The van der Waals surface area contributed by atoms with Gasteiger partial charge in [0.05, 0.1) is 23.2 Å². The Morgan fingerprint density at radius 2 is 1.76 bits per heavy atom. The molecule has 0 aromatic heterocycles. The summed E-state index contributed by atoms with van der Waals surface area (Å²) in [6.45, 7) is 3.93. The molecule has 41 heavy (non-hydrogen) atoms. The molecule has 0 aliphatic carbocycles. The SMILES string of the molecule is CCOc1ccc(N2CC=C[C@@H]3S[C@]45C=CCN(Cc6ccccc6)C(=O)C4N(CCCO)C(=O)[C@@H]5[C@@H]3C2=O)cc1. The number of hydrogen-bond donors (Lipinski definition) is 1. The van der Waals surface area contributed by atoms with Crippen LogP contribution in [-0.4, -0.2) is 81.5 Å². The zero-order valence-electron chi connectivity index (χ0n) is 23.1. The number of benzene rings is 2. The van der Waals surface area contributed by atoms with Crippen LogP contribution in [0.25, 0.3) is 0 Å². The standard InChI is InChI=1S/C32H35N3O5S/c1-2-40-24-14-12-23(13-15-24)34-18-6-11-25-26(29(34)37)27-30(38)35(19-8-20-36)28-31(39)33(17-7-16-32(27,28)41-25)21-22-9-4-3-5-10-22/h3-7,9-16,25-28,36H,2,8,17-21H2,1H3/t25-,26+,27-,28?,32-/m0/s1. The van der Waals surface area contributed by atoms with E-state index in [4.69, 9.17) is 4.74 Å². The highest BCUT2D eigenvalue weighted by Gasteiger charge is 2.70. The topological polar surface area (TPSA) is 90.4 Å². The molecule has 3 amide bonds. The fraction of sp³-hybridized carbons (Fsp3) is 0.406. The third-order valence-electron chi connectivity index (χ3n) is 8.47. The Balaban J connectivity index is 1.36. The normalized spacial score (nSPS) is 28.8. The molecule has 2 aromatic rings. The van der Waals surface area contributed by atoms with E-state index in [9.17, 15) is 19.5 Å². The molecule has 1 spiro atoms. The van der Waals surface area contributed by atoms with E-state index in [0.717, 1.165) is 17.0 Å². The molecule has 4 aliphatic heterocycles. The van der Waals surface area contributed by atoms with Crippen LogP contribution in [0.5, 0.6) is 5.75 Å². The molecule has 1 N–H and O–H groups in total. The zero-order valence-corrected chi connectivity index (χ0v) is 23.9. The van der Waals surface area contributed by atoms with Crippen molar-refractivity contribution in [2.24, 2.45) is 11.8 Å². The fourth-order valence-corrected chi connectivity index (χ4v) is 8.74. The van der Waals surface area contributed by atoms with Crippen LogP contribution in [0, 0.1) is 11.8 Å². The van der Waals surface area contributed by atoms with E-state index in [1.807, 2.05) is 85.8 Å². The number of hydrogen-bond acceptors (Lipinski definition) is 6. The average molecular weight is 574 g/mol. The second-order valence-corrected chi connectivity index (χ2v) is 12.3. The Bertz CT molecular complexity index is 1360. The van der Waals surface area contributed by atoms with Crippen LogP contribution in [0.4, 0.5) is 5.69 Å². The van der Waals surface area contributed by atoms with Crippen LogP contribution in [-0.2, 0) is 20.9 Å². The average Bonchev–Trinajstić information content (AvgIpc) is 3.30. The molecule has 9 heteroatoms. The molecule has 2 saturated heterocycles. The van der Waals surface area contributed by atoms with Crippen LogP contribution in [0.3, 0.4) is 0 Å². The monoisotopic (exact) mass is 573 g/mol. The van der Waals surface area contributed by atoms with Crippen molar-refractivity contribution in [2.75, 3.05) is 37.7 Å². The molecule has 214 valence electrons. The highest BCUT2D eigenvalue weighted by atomic mass is 32.2. The zero-order chi connectivity index (χ0) is 28.6. The van der Waals surface area contributed by atoms with Gasteiger partial charge in [-0.2, -0.15) is 0 Å². The smallest absolute Gasteiger partial charge is 0.247 e. The highest BCUT2D eigenvalue weighted by molar-refractivity contribution is 8.02. The molecule has 0 saturated carbocycles. The lowest BCUT2D eigenvalue weighted by Crippen LogP contribution is -2.53. The van der Waals surface area contributed by atoms with Crippen LogP contribution >= 0.6 is 11.8 Å². The first-order valence-electron chi connectivity index (χ1n) is 14.3. The summed E-state index contributed by atoms with van der Waals surface area (Å²) in [4.78, 5) is 48.0. The minimum Gasteiger partial charge on any atom is -0.494 e. The molecule has 2 aromatic carbocycles. The minimum absolute atomic E-state index is 0.0850. The van der Waals surface area contributed by atoms with Gasteiger partial charge in [-0.05, 0) is 43.2 Å². The van der Waals surface area contributed by atoms with Crippen LogP contribution in [0.15, 0.2) is 78.9 Å². The first-order valence-corrected chi connectivity index (χ1v) is 15.2. The van der Waals surface area contributed by atoms with Gasteiger partial charge in [0.2, 0.25) is 17.7 Å². The first kappa shape index (κ1) is 27.6. The molecule has 1 unspecified atom stereocenters. The number of likely N-dealkylation sites (tertiary alicyclic amines) is 1. The van der Waals surface area contributed by atoms with E-state index in [-0.39, 0.29) is 36.1 Å². The summed E-state index contributed by atoms with van der Waals surface area (Å²) in [5.74, 6) is -0.968. The van der Waals surface area contributed by atoms with Gasteiger partial charge in [0.25, 0.3) is 0 Å². The lowest BCUT2D eigenvalue weighted by atomic mass is 9.78. The first-order chi connectivity index (χ1) is 20.0. The summed E-state index contributed by atoms with van der Waals surface area (Å²) in [7, 11) is 0. The number of rotatable bonds is 8.